The van der Waals surface area contributed by atoms with E-state index in [1.54, 1.807) is 6.07 Å². The smallest absolute Gasteiger partial charge is 0.167 e. The molecule has 3 unspecified atom stereocenters. The van der Waals surface area contributed by atoms with Crippen LogP contribution >= 0.6 is 0 Å². The van der Waals surface area contributed by atoms with E-state index in [1.807, 2.05) is 13.0 Å². The Kier molecular flexibility index (Phi) is 4.67. The lowest BCUT2D eigenvalue weighted by Gasteiger charge is -2.33. The second-order valence-corrected chi connectivity index (χ2v) is 5.72. The zero-order valence-corrected chi connectivity index (χ0v) is 12.1. The van der Waals surface area contributed by atoms with E-state index < -0.39 is 0 Å². The predicted molar refractivity (Wildman–Crippen MR) is 77.2 cm³/mol. The SMILES string of the molecule is CCOc1ccc(NC2CCC(C)CC2C)cc1F. The highest BCUT2D eigenvalue weighted by Gasteiger charge is 2.25. The third-order valence-corrected chi connectivity index (χ3v) is 4.02. The highest BCUT2D eigenvalue weighted by molar-refractivity contribution is 5.48. The fraction of sp³-hybridized carbons (Fsp3) is 0.625. The van der Waals surface area contributed by atoms with Crippen LogP contribution in [0.3, 0.4) is 0 Å². The van der Waals surface area contributed by atoms with Gasteiger partial charge in [0.05, 0.1) is 6.61 Å². The molecule has 1 fully saturated rings. The Morgan fingerprint density at radius 2 is 2.11 bits per heavy atom. The van der Waals surface area contributed by atoms with Crippen LogP contribution in [0.15, 0.2) is 18.2 Å². The average Bonchev–Trinajstić information content (AvgIpc) is 2.36. The van der Waals surface area contributed by atoms with Crippen LogP contribution in [0, 0.1) is 17.7 Å². The quantitative estimate of drug-likeness (QED) is 0.867. The number of ether oxygens (including phenoxy) is 1. The summed E-state index contributed by atoms with van der Waals surface area (Å²) in [7, 11) is 0. The van der Waals surface area contributed by atoms with E-state index in [0.717, 1.165) is 18.0 Å². The monoisotopic (exact) mass is 265 g/mol. The fourth-order valence-electron chi connectivity index (χ4n) is 2.96. The van der Waals surface area contributed by atoms with Gasteiger partial charge in [-0.15, -0.1) is 0 Å². The molecule has 0 aromatic heterocycles. The molecule has 0 radical (unpaired) electrons. The minimum Gasteiger partial charge on any atom is -0.491 e. The van der Waals surface area contributed by atoms with E-state index in [0.29, 0.717) is 24.3 Å². The number of halogens is 1. The van der Waals surface area contributed by atoms with E-state index in [4.69, 9.17) is 4.74 Å². The molecule has 2 nitrogen and oxygen atoms in total. The van der Waals surface area contributed by atoms with Gasteiger partial charge < -0.3 is 10.1 Å². The number of benzene rings is 1. The molecular weight excluding hydrogens is 241 g/mol. The molecule has 0 spiro atoms. The van der Waals surface area contributed by atoms with E-state index in [1.165, 1.54) is 18.9 Å². The summed E-state index contributed by atoms with van der Waals surface area (Å²) in [4.78, 5) is 0. The first-order valence-corrected chi connectivity index (χ1v) is 7.29. The van der Waals surface area contributed by atoms with Crippen molar-refractivity contribution in [3.8, 4) is 5.75 Å². The largest absolute Gasteiger partial charge is 0.491 e. The first kappa shape index (κ1) is 14.2. The van der Waals surface area contributed by atoms with Gasteiger partial charge in [0.2, 0.25) is 0 Å². The van der Waals surface area contributed by atoms with Crippen LogP contribution in [0.2, 0.25) is 0 Å². The molecule has 1 N–H and O–H groups in total. The maximum atomic E-state index is 13.8. The maximum absolute atomic E-state index is 13.8. The molecule has 1 saturated carbocycles. The number of anilines is 1. The summed E-state index contributed by atoms with van der Waals surface area (Å²) in [6.07, 6.45) is 3.66. The first-order valence-electron chi connectivity index (χ1n) is 7.29. The molecule has 0 aliphatic heterocycles. The second kappa shape index (κ2) is 6.27. The minimum absolute atomic E-state index is 0.288. The summed E-state index contributed by atoms with van der Waals surface area (Å²) in [6, 6.07) is 5.60. The molecule has 0 bridgehead atoms. The Balaban J connectivity index is 2.01. The van der Waals surface area contributed by atoms with Crippen LogP contribution in [-0.4, -0.2) is 12.6 Å². The van der Waals surface area contributed by atoms with Crippen LogP contribution in [0.5, 0.6) is 5.75 Å². The Labute approximate surface area is 115 Å². The van der Waals surface area contributed by atoms with Crippen LogP contribution in [0.1, 0.15) is 40.0 Å². The molecule has 1 aromatic carbocycles. The van der Waals surface area contributed by atoms with E-state index in [-0.39, 0.29) is 5.82 Å². The van der Waals surface area contributed by atoms with E-state index in [9.17, 15) is 4.39 Å². The van der Waals surface area contributed by atoms with Crippen molar-refractivity contribution in [1.29, 1.82) is 0 Å². The van der Waals surface area contributed by atoms with Crippen LogP contribution < -0.4 is 10.1 Å². The zero-order chi connectivity index (χ0) is 13.8. The van der Waals surface area contributed by atoms with Gasteiger partial charge in [0, 0.05) is 17.8 Å². The minimum atomic E-state index is -0.288. The predicted octanol–water partition coefficient (Wildman–Crippen LogP) is 4.46. The van der Waals surface area contributed by atoms with Crippen molar-refractivity contribution in [2.75, 3.05) is 11.9 Å². The van der Waals surface area contributed by atoms with Crippen molar-refractivity contribution in [2.45, 2.75) is 46.1 Å². The van der Waals surface area contributed by atoms with Crippen molar-refractivity contribution in [1.82, 2.24) is 0 Å². The fourth-order valence-corrected chi connectivity index (χ4v) is 2.96. The number of hydrogen-bond acceptors (Lipinski definition) is 2. The van der Waals surface area contributed by atoms with Crippen molar-refractivity contribution in [2.24, 2.45) is 11.8 Å². The number of rotatable bonds is 4. The van der Waals surface area contributed by atoms with Gasteiger partial charge in [0.25, 0.3) is 0 Å². The van der Waals surface area contributed by atoms with Crippen LogP contribution in [0.25, 0.3) is 0 Å². The van der Waals surface area contributed by atoms with Gasteiger partial charge in [0.15, 0.2) is 11.6 Å². The topological polar surface area (TPSA) is 21.3 Å². The van der Waals surface area contributed by atoms with Crippen molar-refractivity contribution >= 4 is 5.69 Å². The Morgan fingerprint density at radius 3 is 2.74 bits per heavy atom. The lowest BCUT2D eigenvalue weighted by atomic mass is 9.80. The molecular formula is C16H24FNO. The number of nitrogens with one attached hydrogen (secondary N) is 1. The number of hydrogen-bond donors (Lipinski definition) is 1. The Morgan fingerprint density at radius 1 is 1.32 bits per heavy atom. The van der Waals surface area contributed by atoms with Gasteiger partial charge in [0.1, 0.15) is 0 Å². The van der Waals surface area contributed by atoms with Crippen molar-refractivity contribution < 1.29 is 9.13 Å². The van der Waals surface area contributed by atoms with E-state index in [2.05, 4.69) is 19.2 Å². The summed E-state index contributed by atoms with van der Waals surface area (Å²) in [6.45, 7) is 6.93. The third-order valence-electron chi connectivity index (χ3n) is 4.02. The molecule has 3 heteroatoms. The van der Waals surface area contributed by atoms with Gasteiger partial charge in [-0.2, -0.15) is 0 Å². The van der Waals surface area contributed by atoms with E-state index >= 15 is 0 Å². The van der Waals surface area contributed by atoms with Crippen molar-refractivity contribution in [3.05, 3.63) is 24.0 Å². The average molecular weight is 265 g/mol. The first-order chi connectivity index (χ1) is 9.10. The second-order valence-electron chi connectivity index (χ2n) is 5.72. The third kappa shape index (κ3) is 3.62. The van der Waals surface area contributed by atoms with Gasteiger partial charge in [-0.1, -0.05) is 13.8 Å². The molecule has 1 aromatic rings. The molecule has 3 atom stereocenters. The van der Waals surface area contributed by atoms with Crippen LogP contribution in [-0.2, 0) is 0 Å². The Hall–Kier alpha value is -1.25. The summed E-state index contributed by atoms with van der Waals surface area (Å²) >= 11 is 0. The highest BCUT2D eigenvalue weighted by atomic mass is 19.1. The van der Waals surface area contributed by atoms with Gasteiger partial charge in [-0.05, 0) is 50.2 Å². The lowest BCUT2D eigenvalue weighted by molar-refractivity contribution is 0.276. The molecule has 19 heavy (non-hydrogen) atoms. The summed E-state index contributed by atoms with van der Waals surface area (Å²) in [5.41, 5.74) is 0.854. The molecule has 0 heterocycles. The maximum Gasteiger partial charge on any atom is 0.167 e. The molecule has 2 rings (SSSR count). The molecule has 0 amide bonds. The van der Waals surface area contributed by atoms with Crippen molar-refractivity contribution in [3.63, 3.8) is 0 Å². The van der Waals surface area contributed by atoms with Gasteiger partial charge >= 0.3 is 0 Å². The molecule has 0 saturated heterocycles. The Bertz CT molecular complexity index is 421. The highest BCUT2D eigenvalue weighted by Crippen LogP contribution is 2.31. The summed E-state index contributed by atoms with van der Waals surface area (Å²) in [5.74, 6) is 1.49. The molecule has 1 aliphatic rings. The van der Waals surface area contributed by atoms with Gasteiger partial charge in [-0.3, -0.25) is 0 Å². The zero-order valence-electron chi connectivity index (χ0n) is 12.1. The lowest BCUT2D eigenvalue weighted by Crippen LogP contribution is -2.33. The standard InChI is InChI=1S/C16H24FNO/c1-4-19-16-8-6-13(10-14(16)17)18-15-7-5-11(2)9-12(15)3/h6,8,10-12,15,18H,4-5,7,9H2,1-3H3. The summed E-state index contributed by atoms with van der Waals surface area (Å²) in [5, 5.41) is 3.47. The van der Waals surface area contributed by atoms with Gasteiger partial charge in [-0.25, -0.2) is 4.39 Å². The normalized spacial score (nSPS) is 27.1. The summed E-state index contributed by atoms with van der Waals surface area (Å²) < 4.78 is 19.0. The molecule has 1 aliphatic carbocycles. The van der Waals surface area contributed by atoms with Crippen LogP contribution in [0.4, 0.5) is 10.1 Å². The molecule has 106 valence electrons.